The van der Waals surface area contributed by atoms with Gasteiger partial charge in [0.05, 0.1) is 15.9 Å². The lowest BCUT2D eigenvalue weighted by molar-refractivity contribution is -0.120. The largest absolute Gasteiger partial charge is 0.435 e. The van der Waals surface area contributed by atoms with Gasteiger partial charge in [0, 0.05) is 29.5 Å². The van der Waals surface area contributed by atoms with Crippen LogP contribution in [0.25, 0.3) is 0 Å². The number of benzene rings is 1. The van der Waals surface area contributed by atoms with Gasteiger partial charge in [-0.25, -0.2) is 8.42 Å². The van der Waals surface area contributed by atoms with Crippen LogP contribution in [0.1, 0.15) is 39.2 Å². The van der Waals surface area contributed by atoms with E-state index in [1.54, 1.807) is 13.0 Å². The molecule has 3 aliphatic heterocycles. The summed E-state index contributed by atoms with van der Waals surface area (Å²) in [4.78, 5) is 13.3. The number of fused-ring (bicyclic) bond motifs is 1. The molecule has 172 valence electrons. The zero-order valence-electron chi connectivity index (χ0n) is 18.0. The van der Waals surface area contributed by atoms with E-state index >= 15 is 0 Å². The average Bonchev–Trinajstić information content (AvgIpc) is 3.09. The standard InChI is InChI=1S/C21H23F3N4O3S/c1-5-20(11-7-6-8-12(9-11)32(4,30)31)14-13(10-19(2,3)26-18(14)29)25-17-15(20)16(27-28-17)21(22,23)24/h6-9,17,25H,5,10H2,1-4H3,(H,26,29). The maximum atomic E-state index is 14.0. The van der Waals surface area contributed by atoms with Gasteiger partial charge in [0.15, 0.2) is 21.7 Å². The topological polar surface area (TPSA) is 100.0 Å². The Balaban J connectivity index is 2.11. The molecule has 0 bridgehead atoms. The van der Waals surface area contributed by atoms with Crippen LogP contribution in [0.4, 0.5) is 13.2 Å². The van der Waals surface area contributed by atoms with Gasteiger partial charge in [0.25, 0.3) is 5.91 Å². The van der Waals surface area contributed by atoms with Crippen molar-refractivity contribution >= 4 is 15.7 Å². The molecular formula is C21H23F3N4O3S. The van der Waals surface area contributed by atoms with E-state index in [-0.39, 0.29) is 28.0 Å². The summed E-state index contributed by atoms with van der Waals surface area (Å²) in [7, 11) is -3.64. The Morgan fingerprint density at radius 1 is 1.25 bits per heavy atom. The Hall–Kier alpha value is -2.69. The smallest absolute Gasteiger partial charge is 0.362 e. The predicted octanol–water partition coefficient (Wildman–Crippen LogP) is 3.50. The maximum absolute atomic E-state index is 14.0. The first kappa shape index (κ1) is 22.5. The van der Waals surface area contributed by atoms with Gasteiger partial charge in [-0.05, 0) is 38.0 Å². The Kier molecular flexibility index (Phi) is 4.85. The van der Waals surface area contributed by atoms with E-state index in [1.807, 2.05) is 13.8 Å². The lowest BCUT2D eigenvalue weighted by Crippen LogP contribution is -2.58. The summed E-state index contributed by atoms with van der Waals surface area (Å²) >= 11 is 0. The molecule has 1 amide bonds. The van der Waals surface area contributed by atoms with Crippen LogP contribution in [0.15, 0.2) is 61.9 Å². The van der Waals surface area contributed by atoms with Crippen LogP contribution in [0.3, 0.4) is 0 Å². The van der Waals surface area contributed by atoms with E-state index in [0.29, 0.717) is 12.1 Å². The van der Waals surface area contributed by atoms with Crippen LogP contribution >= 0.6 is 0 Å². The van der Waals surface area contributed by atoms with Crippen molar-refractivity contribution in [1.29, 1.82) is 0 Å². The minimum absolute atomic E-state index is 0.0439. The minimum Gasteiger partial charge on any atom is -0.362 e. The number of nitrogens with one attached hydrogen (secondary N) is 2. The zero-order chi connectivity index (χ0) is 23.7. The highest BCUT2D eigenvalue weighted by molar-refractivity contribution is 7.90. The molecule has 32 heavy (non-hydrogen) atoms. The molecule has 7 nitrogen and oxygen atoms in total. The Bertz CT molecular complexity index is 1210. The molecule has 0 saturated carbocycles. The molecule has 1 aromatic carbocycles. The molecule has 0 saturated heterocycles. The molecule has 0 spiro atoms. The maximum Gasteiger partial charge on any atom is 0.435 e. The summed E-state index contributed by atoms with van der Waals surface area (Å²) in [6.45, 7) is 5.31. The van der Waals surface area contributed by atoms with Crippen LogP contribution < -0.4 is 10.6 Å². The van der Waals surface area contributed by atoms with Crippen molar-refractivity contribution in [3.05, 3.63) is 52.4 Å². The van der Waals surface area contributed by atoms with Crippen LogP contribution in [0.2, 0.25) is 0 Å². The van der Waals surface area contributed by atoms with Crippen molar-refractivity contribution in [3.8, 4) is 0 Å². The molecule has 2 atom stereocenters. The second-order valence-corrected chi connectivity index (χ2v) is 11.0. The number of hydrogen-bond donors (Lipinski definition) is 2. The van der Waals surface area contributed by atoms with Crippen molar-refractivity contribution < 1.29 is 26.4 Å². The predicted molar refractivity (Wildman–Crippen MR) is 110 cm³/mol. The van der Waals surface area contributed by atoms with Gasteiger partial charge in [-0.1, -0.05) is 19.1 Å². The van der Waals surface area contributed by atoms with Crippen LogP contribution in [0.5, 0.6) is 0 Å². The van der Waals surface area contributed by atoms with Crippen molar-refractivity contribution in [2.45, 2.75) is 61.8 Å². The third kappa shape index (κ3) is 3.33. The Morgan fingerprint density at radius 3 is 2.53 bits per heavy atom. The summed E-state index contributed by atoms with van der Waals surface area (Å²) in [6, 6.07) is 5.75. The molecule has 4 rings (SSSR count). The van der Waals surface area contributed by atoms with Gasteiger partial charge in [-0.2, -0.15) is 18.3 Å². The highest BCUT2D eigenvalue weighted by Crippen LogP contribution is 2.54. The molecule has 0 aromatic heterocycles. The zero-order valence-corrected chi connectivity index (χ0v) is 18.8. The summed E-state index contributed by atoms with van der Waals surface area (Å²) < 4.78 is 66.4. The number of hydrogen-bond acceptors (Lipinski definition) is 6. The number of halogens is 3. The summed E-state index contributed by atoms with van der Waals surface area (Å²) in [5.74, 6) is -0.505. The number of sulfone groups is 1. The summed E-state index contributed by atoms with van der Waals surface area (Å²) in [5.41, 5.74) is -2.62. The summed E-state index contributed by atoms with van der Waals surface area (Å²) in [6.07, 6.45) is -4.45. The first-order valence-corrected chi connectivity index (χ1v) is 12.0. The second kappa shape index (κ2) is 6.90. The van der Waals surface area contributed by atoms with Gasteiger partial charge in [-0.3, -0.25) is 4.79 Å². The lowest BCUT2D eigenvalue weighted by atomic mass is 9.61. The molecule has 3 aliphatic rings. The third-order valence-electron chi connectivity index (χ3n) is 6.15. The number of carbonyl (C=O) groups excluding carboxylic acids is 1. The number of amides is 1. The quantitative estimate of drug-likeness (QED) is 0.709. The van der Waals surface area contributed by atoms with Gasteiger partial charge in [0.1, 0.15) is 0 Å². The molecule has 2 unspecified atom stereocenters. The molecule has 1 aromatic rings. The molecular weight excluding hydrogens is 445 g/mol. The molecule has 0 radical (unpaired) electrons. The van der Waals surface area contributed by atoms with E-state index in [4.69, 9.17) is 0 Å². The molecule has 11 heteroatoms. The minimum atomic E-state index is -4.80. The number of rotatable bonds is 3. The summed E-state index contributed by atoms with van der Waals surface area (Å²) in [5, 5.41) is 13.2. The number of carbonyl (C=O) groups is 1. The van der Waals surface area contributed by atoms with Crippen LogP contribution in [-0.4, -0.2) is 38.5 Å². The highest BCUT2D eigenvalue weighted by Gasteiger charge is 2.57. The fraction of sp³-hybridized carbons (Fsp3) is 0.476. The van der Waals surface area contributed by atoms with Gasteiger partial charge in [0.2, 0.25) is 0 Å². The highest BCUT2D eigenvalue weighted by atomic mass is 32.2. The number of nitrogens with zero attached hydrogens (tertiary/aromatic N) is 2. The molecule has 2 N–H and O–H groups in total. The third-order valence-corrected chi connectivity index (χ3v) is 7.26. The van der Waals surface area contributed by atoms with Crippen LogP contribution in [-0.2, 0) is 20.0 Å². The van der Waals surface area contributed by atoms with E-state index in [0.717, 1.165) is 6.26 Å². The second-order valence-electron chi connectivity index (χ2n) is 8.95. The van der Waals surface area contributed by atoms with E-state index in [9.17, 15) is 26.4 Å². The van der Waals surface area contributed by atoms with Gasteiger partial charge < -0.3 is 10.6 Å². The first-order valence-electron chi connectivity index (χ1n) is 10.1. The van der Waals surface area contributed by atoms with Crippen molar-refractivity contribution in [1.82, 2.24) is 10.6 Å². The SMILES string of the molecule is CCC1(c2cccc(S(C)(=O)=O)c2)C2=C(CC(C)(C)NC2=O)NC2N=NC(C(F)(F)F)=C21. The van der Waals surface area contributed by atoms with E-state index in [2.05, 4.69) is 20.9 Å². The lowest BCUT2D eigenvalue weighted by Gasteiger charge is -2.48. The number of azo groups is 1. The van der Waals surface area contributed by atoms with Gasteiger partial charge >= 0.3 is 6.18 Å². The normalized spacial score (nSPS) is 27.1. The first-order chi connectivity index (χ1) is 14.7. The van der Waals surface area contributed by atoms with Gasteiger partial charge in [-0.15, -0.1) is 5.11 Å². The molecule has 3 heterocycles. The molecule has 0 fully saturated rings. The number of alkyl halides is 3. The Labute approximate surface area is 183 Å². The van der Waals surface area contributed by atoms with Crippen molar-refractivity contribution in [3.63, 3.8) is 0 Å². The number of allylic oxidation sites excluding steroid dienone is 1. The Morgan fingerprint density at radius 2 is 1.94 bits per heavy atom. The van der Waals surface area contributed by atoms with Crippen molar-refractivity contribution in [2.75, 3.05) is 6.26 Å². The fourth-order valence-corrected chi connectivity index (χ4v) is 5.59. The monoisotopic (exact) mass is 468 g/mol. The van der Waals surface area contributed by atoms with E-state index < -0.39 is 44.7 Å². The average molecular weight is 469 g/mol. The van der Waals surface area contributed by atoms with Crippen molar-refractivity contribution in [2.24, 2.45) is 10.2 Å². The van der Waals surface area contributed by atoms with E-state index in [1.165, 1.54) is 18.2 Å². The van der Waals surface area contributed by atoms with Crippen LogP contribution in [0, 0.1) is 0 Å². The fourth-order valence-electron chi connectivity index (χ4n) is 4.92. The molecule has 0 aliphatic carbocycles.